The van der Waals surface area contributed by atoms with Gasteiger partial charge in [0.2, 0.25) is 5.89 Å². The normalized spacial score (nSPS) is 18.8. The lowest BCUT2D eigenvalue weighted by Crippen LogP contribution is -2.05. The molecule has 1 atom stereocenters. The fraction of sp³-hybridized carbons (Fsp3) is 0.571. The zero-order valence-corrected chi connectivity index (χ0v) is 11.3. The van der Waals surface area contributed by atoms with Crippen LogP contribution in [0.1, 0.15) is 61.6 Å². The highest BCUT2D eigenvalue weighted by Gasteiger charge is 2.20. The molecule has 19 heavy (non-hydrogen) atoms. The van der Waals surface area contributed by atoms with Crippen LogP contribution in [0.15, 0.2) is 16.9 Å². The standard InChI is InChI=1S/C14H19N3O2/c1-9(2)14-15-13(19-16-14)8-17-6-10-4-3-5-12(18)11(10)7-17/h6-7,9,12,18H,3-5,8H2,1-2H3. The zero-order valence-electron chi connectivity index (χ0n) is 11.3. The van der Waals surface area contributed by atoms with E-state index in [1.807, 2.05) is 24.6 Å². The molecule has 0 amide bonds. The summed E-state index contributed by atoms with van der Waals surface area (Å²) in [4.78, 5) is 4.37. The summed E-state index contributed by atoms with van der Waals surface area (Å²) in [6, 6.07) is 0. The van der Waals surface area contributed by atoms with Crippen LogP contribution < -0.4 is 0 Å². The molecular weight excluding hydrogens is 242 g/mol. The third-order valence-electron chi connectivity index (χ3n) is 3.60. The van der Waals surface area contributed by atoms with Crippen LogP contribution in [-0.2, 0) is 13.0 Å². The van der Waals surface area contributed by atoms with Gasteiger partial charge in [0, 0.05) is 23.9 Å². The lowest BCUT2D eigenvalue weighted by Gasteiger charge is -2.16. The Labute approximate surface area is 112 Å². The van der Waals surface area contributed by atoms with Gasteiger partial charge in [-0.3, -0.25) is 0 Å². The van der Waals surface area contributed by atoms with Crippen LogP contribution in [0.25, 0.3) is 0 Å². The van der Waals surface area contributed by atoms with Gasteiger partial charge in [-0.25, -0.2) is 0 Å². The van der Waals surface area contributed by atoms with Gasteiger partial charge in [0.25, 0.3) is 0 Å². The van der Waals surface area contributed by atoms with Gasteiger partial charge in [-0.1, -0.05) is 19.0 Å². The molecule has 0 saturated carbocycles. The van der Waals surface area contributed by atoms with Crippen molar-refractivity contribution in [2.24, 2.45) is 0 Å². The molecular formula is C14H19N3O2. The molecule has 1 aliphatic rings. The van der Waals surface area contributed by atoms with Crippen molar-refractivity contribution >= 4 is 0 Å². The Kier molecular flexibility index (Phi) is 3.14. The van der Waals surface area contributed by atoms with Crippen LogP contribution in [0.5, 0.6) is 0 Å². The van der Waals surface area contributed by atoms with Crippen LogP contribution in [0.3, 0.4) is 0 Å². The van der Waals surface area contributed by atoms with Crippen molar-refractivity contribution in [2.45, 2.75) is 51.7 Å². The number of rotatable bonds is 3. The van der Waals surface area contributed by atoms with Gasteiger partial charge in [0.05, 0.1) is 6.10 Å². The van der Waals surface area contributed by atoms with Crippen molar-refractivity contribution in [3.63, 3.8) is 0 Å². The Morgan fingerprint density at radius 1 is 1.47 bits per heavy atom. The lowest BCUT2D eigenvalue weighted by atomic mass is 9.93. The topological polar surface area (TPSA) is 64.1 Å². The quantitative estimate of drug-likeness (QED) is 0.921. The summed E-state index contributed by atoms with van der Waals surface area (Å²) in [6.07, 6.45) is 6.71. The molecule has 1 aliphatic carbocycles. The molecule has 5 heteroatoms. The van der Waals surface area contributed by atoms with E-state index in [2.05, 4.69) is 16.3 Å². The Balaban J connectivity index is 1.79. The Hall–Kier alpha value is -1.62. The zero-order chi connectivity index (χ0) is 13.4. The first-order chi connectivity index (χ1) is 9.13. The maximum absolute atomic E-state index is 9.95. The van der Waals surface area contributed by atoms with E-state index in [0.717, 1.165) is 30.7 Å². The molecule has 0 spiro atoms. The molecule has 2 aromatic rings. The Morgan fingerprint density at radius 2 is 2.32 bits per heavy atom. The minimum Gasteiger partial charge on any atom is -0.388 e. The van der Waals surface area contributed by atoms with E-state index >= 15 is 0 Å². The van der Waals surface area contributed by atoms with Gasteiger partial charge >= 0.3 is 0 Å². The molecule has 0 radical (unpaired) electrons. The third-order valence-corrected chi connectivity index (χ3v) is 3.60. The average molecular weight is 261 g/mol. The van der Waals surface area contributed by atoms with E-state index in [-0.39, 0.29) is 12.0 Å². The second-order valence-electron chi connectivity index (χ2n) is 5.52. The minimum atomic E-state index is -0.320. The lowest BCUT2D eigenvalue weighted by molar-refractivity contribution is 0.157. The van der Waals surface area contributed by atoms with E-state index in [0.29, 0.717) is 12.4 Å². The fourth-order valence-electron chi connectivity index (χ4n) is 2.54. The van der Waals surface area contributed by atoms with Gasteiger partial charge in [-0.15, -0.1) is 0 Å². The summed E-state index contributed by atoms with van der Waals surface area (Å²) in [6.45, 7) is 4.65. The minimum absolute atomic E-state index is 0.275. The largest absolute Gasteiger partial charge is 0.388 e. The molecule has 102 valence electrons. The summed E-state index contributed by atoms with van der Waals surface area (Å²) < 4.78 is 7.27. The number of fused-ring (bicyclic) bond motifs is 1. The number of aromatic nitrogens is 3. The van der Waals surface area contributed by atoms with Crippen molar-refractivity contribution in [2.75, 3.05) is 0 Å². The molecule has 0 bridgehead atoms. The molecule has 0 fully saturated rings. The van der Waals surface area contributed by atoms with Gasteiger partial charge < -0.3 is 14.2 Å². The number of hydrogen-bond donors (Lipinski definition) is 1. The van der Waals surface area contributed by atoms with E-state index in [1.165, 1.54) is 5.56 Å². The maximum Gasteiger partial charge on any atom is 0.246 e. The number of aliphatic hydroxyl groups is 1. The van der Waals surface area contributed by atoms with Crippen molar-refractivity contribution in [3.05, 3.63) is 35.2 Å². The highest BCUT2D eigenvalue weighted by atomic mass is 16.5. The van der Waals surface area contributed by atoms with Gasteiger partial charge in [0.1, 0.15) is 6.54 Å². The predicted molar refractivity (Wildman–Crippen MR) is 69.8 cm³/mol. The maximum atomic E-state index is 9.95. The van der Waals surface area contributed by atoms with Crippen LogP contribution in [0.4, 0.5) is 0 Å². The average Bonchev–Trinajstić information content (AvgIpc) is 2.96. The summed E-state index contributed by atoms with van der Waals surface area (Å²) in [5.74, 6) is 1.63. The molecule has 0 aliphatic heterocycles. The number of hydrogen-bond acceptors (Lipinski definition) is 4. The van der Waals surface area contributed by atoms with Crippen molar-refractivity contribution < 1.29 is 9.63 Å². The van der Waals surface area contributed by atoms with E-state index in [9.17, 15) is 5.11 Å². The molecule has 0 saturated heterocycles. The van der Waals surface area contributed by atoms with Gasteiger partial charge in [0.15, 0.2) is 5.82 Å². The van der Waals surface area contributed by atoms with Crippen molar-refractivity contribution in [3.8, 4) is 0 Å². The molecule has 3 rings (SSSR count). The summed E-state index contributed by atoms with van der Waals surface area (Å²) in [5, 5.41) is 13.9. The smallest absolute Gasteiger partial charge is 0.246 e. The fourth-order valence-corrected chi connectivity index (χ4v) is 2.54. The molecule has 0 aromatic carbocycles. The predicted octanol–water partition coefficient (Wildman–Crippen LogP) is 2.41. The van der Waals surface area contributed by atoms with Crippen molar-refractivity contribution in [1.29, 1.82) is 0 Å². The van der Waals surface area contributed by atoms with E-state index in [4.69, 9.17) is 4.52 Å². The van der Waals surface area contributed by atoms with Crippen LogP contribution in [-0.4, -0.2) is 19.8 Å². The molecule has 5 nitrogen and oxygen atoms in total. The van der Waals surface area contributed by atoms with Crippen LogP contribution in [0, 0.1) is 0 Å². The summed E-state index contributed by atoms with van der Waals surface area (Å²) in [7, 11) is 0. The first-order valence-electron chi connectivity index (χ1n) is 6.82. The number of aliphatic hydroxyl groups excluding tert-OH is 1. The molecule has 1 unspecified atom stereocenters. The number of aryl methyl sites for hydroxylation is 1. The van der Waals surface area contributed by atoms with Crippen LogP contribution in [0.2, 0.25) is 0 Å². The second kappa shape index (κ2) is 4.81. The highest BCUT2D eigenvalue weighted by Crippen LogP contribution is 2.30. The monoisotopic (exact) mass is 261 g/mol. The van der Waals surface area contributed by atoms with E-state index in [1.54, 1.807) is 0 Å². The van der Waals surface area contributed by atoms with Crippen LogP contribution >= 0.6 is 0 Å². The Bertz CT molecular complexity index is 571. The summed E-state index contributed by atoms with van der Waals surface area (Å²) >= 11 is 0. The summed E-state index contributed by atoms with van der Waals surface area (Å²) in [5.41, 5.74) is 2.29. The SMILES string of the molecule is CC(C)c1noc(Cn2cc3c(c2)C(O)CCC3)n1. The first-order valence-corrected chi connectivity index (χ1v) is 6.82. The molecule has 2 aromatic heterocycles. The Morgan fingerprint density at radius 3 is 3.00 bits per heavy atom. The van der Waals surface area contributed by atoms with Crippen molar-refractivity contribution in [1.82, 2.24) is 14.7 Å². The second-order valence-corrected chi connectivity index (χ2v) is 5.52. The number of nitrogens with zero attached hydrogens (tertiary/aromatic N) is 3. The first kappa shape index (κ1) is 12.4. The molecule has 2 heterocycles. The van der Waals surface area contributed by atoms with Gasteiger partial charge in [-0.2, -0.15) is 4.98 Å². The highest BCUT2D eigenvalue weighted by molar-refractivity contribution is 5.29. The third kappa shape index (κ3) is 2.42. The van der Waals surface area contributed by atoms with E-state index < -0.39 is 0 Å². The molecule has 1 N–H and O–H groups in total. The van der Waals surface area contributed by atoms with Gasteiger partial charge in [-0.05, 0) is 24.8 Å².